The van der Waals surface area contributed by atoms with Crippen molar-refractivity contribution in [3.63, 3.8) is 0 Å². The van der Waals surface area contributed by atoms with Gasteiger partial charge in [-0.15, -0.1) is 0 Å². The number of aliphatic carboxylic acids is 3. The van der Waals surface area contributed by atoms with Crippen LogP contribution in [0, 0.1) is 6.92 Å². The number of hydrogen-bond donors (Lipinski definition) is 5. The molecule has 1 aliphatic heterocycles. The second kappa shape index (κ2) is 21.6. The van der Waals surface area contributed by atoms with E-state index in [1.54, 1.807) is 39.0 Å². The minimum absolute atomic E-state index is 0.147. The van der Waals surface area contributed by atoms with Gasteiger partial charge in [0.05, 0.1) is 44.0 Å². The molecule has 1 aliphatic rings. The number of fused-ring (bicyclic) bond motifs is 2. The predicted octanol–water partition coefficient (Wildman–Crippen LogP) is 2.86. The number of nitrogens with one attached hydrogen (secondary N) is 2. The van der Waals surface area contributed by atoms with Crippen LogP contribution in [0.4, 0.5) is 5.69 Å². The molecule has 290 valence electrons. The maximum absolute atomic E-state index is 12.1. The largest absolute Gasteiger partial charge is 0.480 e. The maximum atomic E-state index is 12.1. The van der Waals surface area contributed by atoms with Gasteiger partial charge in [0.2, 0.25) is 0 Å². The highest BCUT2D eigenvalue weighted by Crippen LogP contribution is 2.18. The van der Waals surface area contributed by atoms with Gasteiger partial charge >= 0.3 is 23.9 Å². The molecule has 0 fully saturated rings. The van der Waals surface area contributed by atoms with E-state index in [1.165, 1.54) is 0 Å². The molecule has 0 aliphatic carbocycles. The van der Waals surface area contributed by atoms with Crippen molar-refractivity contribution in [1.82, 2.24) is 25.0 Å². The lowest BCUT2D eigenvalue weighted by Crippen LogP contribution is -2.50. The molecule has 15 nitrogen and oxygen atoms in total. The van der Waals surface area contributed by atoms with Crippen molar-refractivity contribution < 1.29 is 44.0 Å². The van der Waals surface area contributed by atoms with Crippen LogP contribution in [0.15, 0.2) is 66.7 Å². The van der Waals surface area contributed by atoms with Gasteiger partial charge in [-0.25, -0.2) is 0 Å². The zero-order valence-corrected chi connectivity index (χ0v) is 31.1. The van der Waals surface area contributed by atoms with E-state index in [1.807, 2.05) is 49.4 Å². The summed E-state index contributed by atoms with van der Waals surface area (Å²) in [5.74, 6) is -2.91. The first-order chi connectivity index (χ1) is 25.9. The first-order valence-electron chi connectivity index (χ1n) is 17.7. The number of pyridine rings is 1. The Morgan fingerprint density at radius 3 is 2.17 bits per heavy atom. The average molecular weight is 765 g/mol. The van der Waals surface area contributed by atoms with Crippen molar-refractivity contribution in [2.24, 2.45) is 0 Å². The van der Waals surface area contributed by atoms with Crippen molar-refractivity contribution in [3.05, 3.63) is 89.2 Å². The molecule has 0 saturated carbocycles. The number of carboxylic acid groups (broad SMARTS) is 3. The van der Waals surface area contributed by atoms with Gasteiger partial charge < -0.3 is 35.4 Å². The fourth-order valence-electron chi connectivity index (χ4n) is 5.95. The maximum Gasteiger partial charge on any atom is 0.317 e. The van der Waals surface area contributed by atoms with Gasteiger partial charge in [0.25, 0.3) is 0 Å². The van der Waals surface area contributed by atoms with E-state index in [0.717, 1.165) is 16.8 Å². The lowest BCUT2D eigenvalue weighted by Gasteiger charge is -2.36. The number of rotatable bonds is 17. The summed E-state index contributed by atoms with van der Waals surface area (Å²) in [6.07, 6.45) is 1.22. The Morgan fingerprint density at radius 2 is 1.48 bits per heavy atom. The molecular weight excluding hydrogens is 717 g/mol. The van der Waals surface area contributed by atoms with Crippen LogP contribution in [0.5, 0.6) is 5.75 Å². The smallest absolute Gasteiger partial charge is 0.317 e. The van der Waals surface area contributed by atoms with E-state index in [4.69, 9.17) is 26.7 Å². The number of nitrogens with zero attached hydrogens (tertiary/aromatic N) is 4. The molecule has 4 rings (SSSR count). The van der Waals surface area contributed by atoms with Gasteiger partial charge in [0, 0.05) is 57.6 Å². The lowest BCUT2D eigenvalue weighted by molar-refractivity contribution is -0.141. The molecule has 1 unspecified atom stereocenters. The zero-order valence-electron chi connectivity index (χ0n) is 30.3. The van der Waals surface area contributed by atoms with Crippen LogP contribution < -0.4 is 15.4 Å². The van der Waals surface area contributed by atoms with Crippen LogP contribution in [0.1, 0.15) is 35.4 Å². The van der Waals surface area contributed by atoms with Crippen LogP contribution in [-0.4, -0.2) is 129 Å². The Labute approximate surface area is 319 Å². The molecule has 1 aromatic heterocycles. The third-order valence-electron chi connectivity index (χ3n) is 8.53. The van der Waals surface area contributed by atoms with Crippen molar-refractivity contribution in [3.8, 4) is 5.75 Å². The molecule has 3 aromatic rings. The molecule has 16 heteroatoms. The number of hydrogen-bond acceptors (Lipinski definition) is 11. The number of esters is 1. The Balaban J connectivity index is 1.31. The van der Waals surface area contributed by atoms with Crippen LogP contribution in [0.2, 0.25) is 0 Å². The van der Waals surface area contributed by atoms with Crippen LogP contribution >= 0.6 is 12.2 Å². The van der Waals surface area contributed by atoms with Crippen LogP contribution in [0.25, 0.3) is 0 Å². The van der Waals surface area contributed by atoms with Crippen LogP contribution in [-0.2, 0) is 43.4 Å². The normalized spacial score (nSPS) is 15.7. The number of carboxylic acids is 3. The van der Waals surface area contributed by atoms with E-state index in [2.05, 4.69) is 10.6 Å². The first-order valence-corrected chi connectivity index (χ1v) is 18.1. The highest BCUT2D eigenvalue weighted by molar-refractivity contribution is 7.80. The Kier molecular flexibility index (Phi) is 16.7. The minimum Gasteiger partial charge on any atom is -0.480 e. The van der Waals surface area contributed by atoms with E-state index in [9.17, 15) is 34.5 Å². The number of thiocarbonyl (C=S) groups is 1. The van der Waals surface area contributed by atoms with Crippen LogP contribution in [0.3, 0.4) is 0 Å². The van der Waals surface area contributed by atoms with Gasteiger partial charge in [0.1, 0.15) is 5.75 Å². The third-order valence-corrected chi connectivity index (χ3v) is 8.77. The minimum atomic E-state index is -1.04. The summed E-state index contributed by atoms with van der Waals surface area (Å²) < 4.78 is 10.9. The van der Waals surface area contributed by atoms with Gasteiger partial charge in [-0.1, -0.05) is 35.9 Å². The number of carbonyl (C=O) groups is 4. The summed E-state index contributed by atoms with van der Waals surface area (Å²) in [5.41, 5.74) is 4.00. The number of anilines is 1. The molecule has 5 N–H and O–H groups in total. The summed E-state index contributed by atoms with van der Waals surface area (Å²) in [7, 11) is 0. The molecule has 2 aromatic carbocycles. The quantitative estimate of drug-likeness (QED) is 0.0583. The molecule has 54 heavy (non-hydrogen) atoms. The molecule has 0 spiro atoms. The number of aryl methyl sites for hydroxylation is 1. The lowest BCUT2D eigenvalue weighted by atomic mass is 10.0. The SMILES string of the molecule is Cc1ccc(OC(=O)CCOCCCNC(=S)Nc2ccc(CC3CN(CC(=O)O)CCN(CC(=O)O)Cc4cccc(n4)CN3CC(=O)O)cc2)cc1. The van der Waals surface area contributed by atoms with E-state index in [0.29, 0.717) is 48.2 Å². The summed E-state index contributed by atoms with van der Waals surface area (Å²) in [6.45, 7) is 3.64. The van der Waals surface area contributed by atoms with E-state index in [-0.39, 0.29) is 71.4 Å². The molecule has 1 atom stereocenters. The second-order valence-corrected chi connectivity index (χ2v) is 13.5. The molecule has 0 radical (unpaired) electrons. The Hall–Kier alpha value is -5.00. The Bertz CT molecular complexity index is 1710. The van der Waals surface area contributed by atoms with Gasteiger partial charge in [-0.3, -0.25) is 38.9 Å². The monoisotopic (exact) mass is 764 g/mol. The topological polar surface area (TPSA) is 194 Å². The highest BCUT2D eigenvalue weighted by atomic mass is 32.1. The number of ether oxygens (including phenoxy) is 2. The average Bonchev–Trinajstić information content (AvgIpc) is 3.10. The summed E-state index contributed by atoms with van der Waals surface area (Å²) in [4.78, 5) is 57.5. The standard InChI is InChI=1S/C38H48N6O9S/c1-27-6-12-33(13-7-27)53-37(51)14-19-52-18-3-15-39-38(54)41-29-10-8-28(9-11-29)20-32-23-43(25-35(47)48)17-16-42(24-34(45)46)21-30-4-2-5-31(40-30)22-44(32)26-36(49)50/h2,4-13,32H,3,14-26H2,1H3,(H,45,46)(H,47,48)(H,49,50)(H2,39,41,54). The predicted molar refractivity (Wildman–Crippen MR) is 204 cm³/mol. The molecule has 0 amide bonds. The number of carbonyl (C=O) groups excluding carboxylic acids is 1. The summed E-state index contributed by atoms with van der Waals surface area (Å²) in [6, 6.07) is 19.8. The number of aromatic nitrogens is 1. The second-order valence-electron chi connectivity index (χ2n) is 13.1. The fourth-order valence-corrected chi connectivity index (χ4v) is 6.17. The third kappa shape index (κ3) is 15.5. The van der Waals surface area contributed by atoms with E-state index < -0.39 is 23.9 Å². The van der Waals surface area contributed by atoms with Crippen molar-refractivity contribution in [2.75, 3.05) is 64.3 Å². The fraction of sp³-hybridized carbons (Fsp3) is 0.421. The molecular formula is C38H48N6O9S. The summed E-state index contributed by atoms with van der Waals surface area (Å²) in [5, 5.41) is 35.8. The zero-order chi connectivity index (χ0) is 38.9. The first kappa shape index (κ1) is 41.8. The Morgan fingerprint density at radius 1 is 0.833 bits per heavy atom. The van der Waals surface area contributed by atoms with Gasteiger partial charge in [-0.05, 0) is 73.9 Å². The molecule has 2 heterocycles. The highest BCUT2D eigenvalue weighted by Gasteiger charge is 2.27. The van der Waals surface area contributed by atoms with Crippen molar-refractivity contribution in [2.45, 2.75) is 45.3 Å². The molecule has 2 bridgehead atoms. The van der Waals surface area contributed by atoms with E-state index >= 15 is 0 Å². The van der Waals surface area contributed by atoms with Crippen molar-refractivity contribution >= 4 is 46.9 Å². The van der Waals surface area contributed by atoms with Gasteiger partial charge in [-0.2, -0.15) is 0 Å². The van der Waals surface area contributed by atoms with Crippen molar-refractivity contribution in [1.29, 1.82) is 0 Å². The molecule has 0 saturated heterocycles. The van der Waals surface area contributed by atoms with Gasteiger partial charge in [0.15, 0.2) is 5.11 Å². The summed E-state index contributed by atoms with van der Waals surface area (Å²) >= 11 is 5.45. The number of benzene rings is 2.